The molecule has 9 heteroatoms. The van der Waals surface area contributed by atoms with Crippen LogP contribution in [-0.4, -0.2) is 44.8 Å². The van der Waals surface area contributed by atoms with Crippen molar-refractivity contribution in [2.45, 2.75) is 24.2 Å². The van der Waals surface area contributed by atoms with Gasteiger partial charge in [-0.15, -0.1) is 0 Å². The number of carbonyl (C=O) groups excluding carboxylic acids is 2. The smallest absolute Gasteiger partial charge is 0.253 e. The predicted octanol–water partition coefficient (Wildman–Crippen LogP) is 3.84. The first-order valence-corrected chi connectivity index (χ1v) is 13.3. The molecule has 0 saturated carbocycles. The highest BCUT2D eigenvalue weighted by Crippen LogP contribution is 2.22. The molecule has 1 aliphatic heterocycles. The van der Waals surface area contributed by atoms with Crippen LogP contribution in [0.2, 0.25) is 0 Å². The molecule has 36 heavy (non-hydrogen) atoms. The lowest BCUT2D eigenvalue weighted by atomic mass is 9.95. The van der Waals surface area contributed by atoms with Gasteiger partial charge in [-0.3, -0.25) is 9.59 Å². The molecule has 0 spiro atoms. The minimum atomic E-state index is -3.66. The van der Waals surface area contributed by atoms with Crippen molar-refractivity contribution in [3.63, 3.8) is 0 Å². The fraction of sp³-hybridized carbons (Fsp3) is 0.259. The van der Waals surface area contributed by atoms with Crippen LogP contribution in [0.25, 0.3) is 0 Å². The lowest BCUT2D eigenvalue weighted by Crippen LogP contribution is -2.41. The van der Waals surface area contributed by atoms with E-state index in [1.165, 1.54) is 30.3 Å². The van der Waals surface area contributed by atoms with E-state index in [0.717, 1.165) is 5.56 Å². The van der Waals surface area contributed by atoms with Gasteiger partial charge in [-0.1, -0.05) is 36.4 Å². The zero-order valence-corrected chi connectivity index (χ0v) is 20.5. The Morgan fingerprint density at radius 2 is 1.61 bits per heavy atom. The maximum atomic E-state index is 13.4. The number of likely N-dealkylation sites (tertiary alicyclic amines) is 1. The molecular weight excluding hydrogens is 481 g/mol. The summed E-state index contributed by atoms with van der Waals surface area (Å²) in [5.74, 6) is -1.16. The molecule has 1 saturated heterocycles. The Balaban J connectivity index is 1.26. The van der Waals surface area contributed by atoms with E-state index in [0.29, 0.717) is 43.6 Å². The van der Waals surface area contributed by atoms with Gasteiger partial charge in [-0.05, 0) is 67.3 Å². The lowest BCUT2D eigenvalue weighted by Gasteiger charge is -2.31. The van der Waals surface area contributed by atoms with Crippen molar-refractivity contribution in [3.8, 4) is 0 Å². The third-order valence-electron chi connectivity index (χ3n) is 6.21. The Kier molecular flexibility index (Phi) is 8.12. The number of carbonyl (C=O) groups is 2. The molecule has 1 aliphatic rings. The predicted molar refractivity (Wildman–Crippen MR) is 135 cm³/mol. The topological polar surface area (TPSA) is 95.6 Å². The number of halogens is 1. The SMILES string of the molecule is O=C(Nc1ccc(S(=O)(=O)NCCc2ccccc2)cc1)C1CCN(C(=O)c2cccc(F)c2)CC1. The van der Waals surface area contributed by atoms with Gasteiger partial charge in [0.2, 0.25) is 15.9 Å². The minimum absolute atomic E-state index is 0.123. The first-order chi connectivity index (χ1) is 17.3. The molecule has 4 rings (SSSR count). The normalized spacial score (nSPS) is 14.4. The standard InChI is InChI=1S/C27H28FN3O4S/c28-23-8-4-7-22(19-23)27(33)31-17-14-21(15-18-31)26(32)30-24-9-11-25(12-10-24)36(34,35)29-16-13-20-5-2-1-3-6-20/h1-12,19,21,29H,13-18H2,(H,30,32). The number of piperidine rings is 1. The van der Waals surface area contributed by atoms with E-state index in [9.17, 15) is 22.4 Å². The average molecular weight is 510 g/mol. The summed E-state index contributed by atoms with van der Waals surface area (Å²) in [5, 5.41) is 2.83. The molecule has 1 heterocycles. The highest BCUT2D eigenvalue weighted by atomic mass is 32.2. The van der Waals surface area contributed by atoms with Crippen LogP contribution in [-0.2, 0) is 21.2 Å². The second-order valence-corrected chi connectivity index (χ2v) is 10.5. The first kappa shape index (κ1) is 25.5. The fourth-order valence-electron chi connectivity index (χ4n) is 4.17. The summed E-state index contributed by atoms with van der Waals surface area (Å²) in [4.78, 5) is 27.0. The van der Waals surface area contributed by atoms with E-state index < -0.39 is 15.8 Å². The maximum Gasteiger partial charge on any atom is 0.253 e. The van der Waals surface area contributed by atoms with Crippen LogP contribution < -0.4 is 10.0 Å². The molecule has 7 nitrogen and oxygen atoms in total. The first-order valence-electron chi connectivity index (χ1n) is 11.8. The molecule has 0 radical (unpaired) electrons. The largest absolute Gasteiger partial charge is 0.339 e. The van der Waals surface area contributed by atoms with Crippen molar-refractivity contribution in [2.75, 3.05) is 25.0 Å². The number of amides is 2. The summed E-state index contributed by atoms with van der Waals surface area (Å²) >= 11 is 0. The van der Waals surface area contributed by atoms with E-state index in [1.807, 2.05) is 30.3 Å². The van der Waals surface area contributed by atoms with Crippen LogP contribution in [0.3, 0.4) is 0 Å². The molecule has 0 aliphatic carbocycles. The van der Waals surface area contributed by atoms with Crippen LogP contribution in [0.15, 0.2) is 83.8 Å². The van der Waals surface area contributed by atoms with Gasteiger partial charge in [-0.25, -0.2) is 17.5 Å². The van der Waals surface area contributed by atoms with Gasteiger partial charge in [0.1, 0.15) is 5.82 Å². The molecule has 0 unspecified atom stereocenters. The molecule has 3 aromatic carbocycles. The summed E-state index contributed by atoms with van der Waals surface area (Å²) in [6, 6.07) is 21.2. The molecule has 188 valence electrons. The van der Waals surface area contributed by atoms with Crippen molar-refractivity contribution in [2.24, 2.45) is 5.92 Å². The van der Waals surface area contributed by atoms with Crippen molar-refractivity contribution >= 4 is 27.5 Å². The molecular formula is C27H28FN3O4S. The van der Waals surface area contributed by atoms with Crippen molar-refractivity contribution in [1.29, 1.82) is 0 Å². The summed E-state index contributed by atoms with van der Waals surface area (Å²) in [5.41, 5.74) is 1.84. The zero-order chi connectivity index (χ0) is 25.5. The zero-order valence-electron chi connectivity index (χ0n) is 19.7. The second kappa shape index (κ2) is 11.5. The number of anilines is 1. The Morgan fingerprint density at radius 1 is 0.917 bits per heavy atom. The third kappa shape index (κ3) is 6.56. The van der Waals surface area contributed by atoms with E-state index >= 15 is 0 Å². The monoisotopic (exact) mass is 509 g/mol. The summed E-state index contributed by atoms with van der Waals surface area (Å²) in [6.07, 6.45) is 1.57. The van der Waals surface area contributed by atoms with Gasteiger partial charge in [0.05, 0.1) is 4.90 Å². The number of sulfonamides is 1. The Bertz CT molecular complexity index is 1310. The van der Waals surface area contributed by atoms with E-state index in [4.69, 9.17) is 0 Å². The van der Waals surface area contributed by atoms with Gasteiger partial charge in [-0.2, -0.15) is 0 Å². The molecule has 2 N–H and O–H groups in total. The molecule has 0 atom stereocenters. The summed E-state index contributed by atoms with van der Waals surface area (Å²) < 4.78 is 41.1. The van der Waals surface area contributed by atoms with Crippen molar-refractivity contribution < 1.29 is 22.4 Å². The van der Waals surface area contributed by atoms with E-state index in [2.05, 4.69) is 10.0 Å². The van der Waals surface area contributed by atoms with Gasteiger partial charge in [0, 0.05) is 36.8 Å². The fourth-order valence-corrected chi connectivity index (χ4v) is 5.20. The lowest BCUT2D eigenvalue weighted by molar-refractivity contribution is -0.121. The molecule has 0 bridgehead atoms. The average Bonchev–Trinajstić information content (AvgIpc) is 2.89. The molecule has 1 fully saturated rings. The third-order valence-corrected chi connectivity index (χ3v) is 7.68. The molecule has 2 amide bonds. The Labute approximate surface area is 210 Å². The number of nitrogens with zero attached hydrogens (tertiary/aromatic N) is 1. The Hall–Kier alpha value is -3.56. The van der Waals surface area contributed by atoms with Gasteiger partial charge < -0.3 is 10.2 Å². The molecule has 3 aromatic rings. The summed E-state index contributed by atoms with van der Waals surface area (Å²) in [6.45, 7) is 1.09. The quantitative estimate of drug-likeness (QED) is 0.482. The Morgan fingerprint density at radius 3 is 2.28 bits per heavy atom. The number of nitrogens with one attached hydrogen (secondary N) is 2. The minimum Gasteiger partial charge on any atom is -0.339 e. The van der Waals surface area contributed by atoms with E-state index in [-0.39, 0.29) is 29.2 Å². The van der Waals surface area contributed by atoms with Crippen LogP contribution in [0.4, 0.5) is 10.1 Å². The van der Waals surface area contributed by atoms with Crippen molar-refractivity contribution in [3.05, 3.63) is 95.8 Å². The second-order valence-electron chi connectivity index (χ2n) is 8.72. The highest BCUT2D eigenvalue weighted by molar-refractivity contribution is 7.89. The number of hydrogen-bond donors (Lipinski definition) is 2. The molecule has 0 aromatic heterocycles. The van der Waals surface area contributed by atoms with Crippen molar-refractivity contribution in [1.82, 2.24) is 9.62 Å². The maximum absolute atomic E-state index is 13.4. The van der Waals surface area contributed by atoms with Crippen LogP contribution in [0.5, 0.6) is 0 Å². The van der Waals surface area contributed by atoms with E-state index in [1.54, 1.807) is 23.1 Å². The van der Waals surface area contributed by atoms with Gasteiger partial charge in [0.25, 0.3) is 5.91 Å². The van der Waals surface area contributed by atoms with Crippen LogP contribution >= 0.6 is 0 Å². The van der Waals surface area contributed by atoms with Gasteiger partial charge in [0.15, 0.2) is 0 Å². The van der Waals surface area contributed by atoms with Crippen LogP contribution in [0.1, 0.15) is 28.8 Å². The van der Waals surface area contributed by atoms with Gasteiger partial charge >= 0.3 is 0 Å². The highest BCUT2D eigenvalue weighted by Gasteiger charge is 2.28. The number of rotatable bonds is 8. The van der Waals surface area contributed by atoms with Crippen LogP contribution in [0, 0.1) is 11.7 Å². The summed E-state index contributed by atoms with van der Waals surface area (Å²) in [7, 11) is -3.66. The number of benzene rings is 3. The number of hydrogen-bond acceptors (Lipinski definition) is 4.